The number of likely N-dealkylation sites (tertiary alicyclic amines) is 1. The minimum atomic E-state index is 0.497. The van der Waals surface area contributed by atoms with Crippen LogP contribution in [0.4, 0.5) is 5.69 Å². The van der Waals surface area contributed by atoms with Gasteiger partial charge in [-0.15, -0.1) is 0 Å². The van der Waals surface area contributed by atoms with Crippen molar-refractivity contribution in [2.24, 2.45) is 5.92 Å². The predicted octanol–water partition coefficient (Wildman–Crippen LogP) is 4.25. The van der Waals surface area contributed by atoms with Crippen LogP contribution >= 0.6 is 0 Å². The number of methoxy groups -OCH3 is 2. The minimum Gasteiger partial charge on any atom is -0.497 e. The molecule has 0 spiro atoms. The van der Waals surface area contributed by atoms with E-state index in [1.54, 1.807) is 14.2 Å². The topological polar surface area (TPSA) is 24.9 Å². The van der Waals surface area contributed by atoms with Gasteiger partial charge >= 0.3 is 0 Å². The Hall–Kier alpha value is -2.20. The first-order valence-corrected chi connectivity index (χ1v) is 10.1. The standard InChI is InChI=1S/C23H28N2O2/c1-26-17-7-5-16(6-8-17)15-24-13-11-19-21-4-3-12-25(21)22-10-9-18(27-2)14-20(22)23(19)24/h5-10,14,19,21,23H,3-4,11-13,15H2,1-2H3/t19-,21-,23-/m1/s1. The molecule has 2 fully saturated rings. The summed E-state index contributed by atoms with van der Waals surface area (Å²) in [6.07, 6.45) is 3.94. The first kappa shape index (κ1) is 16.9. The third-order valence-electron chi connectivity index (χ3n) is 6.75. The highest BCUT2D eigenvalue weighted by molar-refractivity contribution is 5.62. The molecule has 5 rings (SSSR count). The van der Waals surface area contributed by atoms with Crippen molar-refractivity contribution in [1.29, 1.82) is 0 Å². The van der Waals surface area contributed by atoms with Crippen molar-refractivity contribution in [3.8, 4) is 11.5 Å². The summed E-state index contributed by atoms with van der Waals surface area (Å²) in [6.45, 7) is 3.36. The number of rotatable bonds is 4. The first-order valence-electron chi connectivity index (χ1n) is 10.1. The van der Waals surface area contributed by atoms with Gasteiger partial charge in [-0.1, -0.05) is 12.1 Å². The lowest BCUT2D eigenvalue weighted by Gasteiger charge is -2.43. The molecule has 27 heavy (non-hydrogen) atoms. The summed E-state index contributed by atoms with van der Waals surface area (Å²) < 4.78 is 10.9. The van der Waals surface area contributed by atoms with Crippen molar-refractivity contribution in [3.63, 3.8) is 0 Å². The van der Waals surface area contributed by atoms with Gasteiger partial charge in [0.1, 0.15) is 11.5 Å². The van der Waals surface area contributed by atoms with E-state index in [1.807, 2.05) is 0 Å². The van der Waals surface area contributed by atoms with E-state index in [9.17, 15) is 0 Å². The highest BCUT2D eigenvalue weighted by Crippen LogP contribution is 2.52. The van der Waals surface area contributed by atoms with Crippen LogP contribution < -0.4 is 14.4 Å². The zero-order valence-electron chi connectivity index (χ0n) is 16.2. The van der Waals surface area contributed by atoms with Gasteiger partial charge in [0.15, 0.2) is 0 Å². The molecule has 2 aromatic rings. The fourth-order valence-electron chi connectivity index (χ4n) is 5.55. The smallest absolute Gasteiger partial charge is 0.119 e. The summed E-state index contributed by atoms with van der Waals surface area (Å²) in [5.74, 6) is 2.62. The molecule has 4 heteroatoms. The molecule has 2 aromatic carbocycles. The SMILES string of the molecule is COc1ccc(CN2CC[C@@H]3[C@H]4CCCN4c4ccc(OC)cc4[C@@H]32)cc1. The molecule has 0 N–H and O–H groups in total. The van der Waals surface area contributed by atoms with Crippen LogP contribution in [0, 0.1) is 5.92 Å². The van der Waals surface area contributed by atoms with Gasteiger partial charge in [0.2, 0.25) is 0 Å². The molecule has 2 saturated heterocycles. The van der Waals surface area contributed by atoms with E-state index >= 15 is 0 Å². The molecule has 0 aromatic heterocycles. The molecule has 0 unspecified atom stereocenters. The normalized spacial score (nSPS) is 26.4. The summed E-state index contributed by atoms with van der Waals surface area (Å²) in [5.41, 5.74) is 4.25. The van der Waals surface area contributed by atoms with Crippen LogP contribution in [0.5, 0.6) is 11.5 Å². The Morgan fingerprint density at radius 1 is 0.926 bits per heavy atom. The van der Waals surface area contributed by atoms with Gasteiger partial charge in [-0.25, -0.2) is 0 Å². The molecule has 0 radical (unpaired) electrons. The highest BCUT2D eigenvalue weighted by atomic mass is 16.5. The second-order valence-corrected chi connectivity index (χ2v) is 8.04. The molecular formula is C23H28N2O2. The van der Waals surface area contributed by atoms with Gasteiger partial charge in [-0.3, -0.25) is 4.90 Å². The number of hydrogen-bond acceptors (Lipinski definition) is 4. The molecule has 3 aliphatic heterocycles. The molecule has 0 aliphatic carbocycles. The maximum Gasteiger partial charge on any atom is 0.119 e. The Bertz CT molecular complexity index is 820. The molecule has 3 aliphatic rings. The van der Waals surface area contributed by atoms with Crippen molar-refractivity contribution < 1.29 is 9.47 Å². The lowest BCUT2D eigenvalue weighted by Crippen LogP contribution is -2.43. The Kier molecular flexibility index (Phi) is 4.24. The summed E-state index contributed by atoms with van der Waals surface area (Å²) in [4.78, 5) is 5.35. The Morgan fingerprint density at radius 2 is 1.70 bits per heavy atom. The average Bonchev–Trinajstić information content (AvgIpc) is 3.35. The van der Waals surface area contributed by atoms with Gasteiger partial charge in [0, 0.05) is 36.8 Å². The zero-order valence-corrected chi connectivity index (χ0v) is 16.2. The second-order valence-electron chi connectivity index (χ2n) is 8.04. The molecule has 0 saturated carbocycles. The van der Waals surface area contributed by atoms with E-state index in [0.717, 1.165) is 24.0 Å². The predicted molar refractivity (Wildman–Crippen MR) is 108 cm³/mol. The fourth-order valence-corrected chi connectivity index (χ4v) is 5.55. The van der Waals surface area contributed by atoms with Crippen molar-refractivity contribution in [2.75, 3.05) is 32.2 Å². The lowest BCUT2D eigenvalue weighted by molar-refractivity contribution is 0.199. The van der Waals surface area contributed by atoms with E-state index in [1.165, 1.54) is 49.2 Å². The maximum absolute atomic E-state index is 5.57. The summed E-state index contributed by atoms with van der Waals surface area (Å²) >= 11 is 0. The fraction of sp³-hybridized carbons (Fsp3) is 0.478. The largest absolute Gasteiger partial charge is 0.497 e. The van der Waals surface area contributed by atoms with Crippen molar-refractivity contribution >= 4 is 5.69 Å². The summed E-state index contributed by atoms with van der Waals surface area (Å²) in [7, 11) is 3.49. The van der Waals surface area contributed by atoms with Gasteiger partial charge in [0.05, 0.1) is 14.2 Å². The van der Waals surface area contributed by atoms with Crippen molar-refractivity contribution in [1.82, 2.24) is 4.90 Å². The third-order valence-corrected chi connectivity index (χ3v) is 6.75. The molecule has 4 nitrogen and oxygen atoms in total. The van der Waals surface area contributed by atoms with E-state index in [4.69, 9.17) is 9.47 Å². The van der Waals surface area contributed by atoms with E-state index in [2.05, 4.69) is 52.3 Å². The Labute approximate surface area is 161 Å². The molecule has 0 amide bonds. The number of nitrogens with zero attached hydrogens (tertiary/aromatic N) is 2. The maximum atomic E-state index is 5.57. The summed E-state index contributed by atoms with van der Waals surface area (Å²) in [5, 5.41) is 0. The average molecular weight is 364 g/mol. The zero-order chi connectivity index (χ0) is 18.4. The van der Waals surface area contributed by atoms with Crippen LogP contribution in [0.25, 0.3) is 0 Å². The van der Waals surface area contributed by atoms with Crippen LogP contribution in [0.2, 0.25) is 0 Å². The second kappa shape index (κ2) is 6.75. The van der Waals surface area contributed by atoms with Gasteiger partial charge in [0.25, 0.3) is 0 Å². The monoisotopic (exact) mass is 364 g/mol. The molecule has 0 bridgehead atoms. The first-order chi connectivity index (χ1) is 13.3. The van der Waals surface area contributed by atoms with E-state index in [0.29, 0.717) is 12.1 Å². The van der Waals surface area contributed by atoms with Crippen LogP contribution in [0.3, 0.4) is 0 Å². The Balaban J connectivity index is 1.49. The number of anilines is 1. The molecule has 142 valence electrons. The van der Waals surface area contributed by atoms with E-state index < -0.39 is 0 Å². The van der Waals surface area contributed by atoms with Gasteiger partial charge in [-0.2, -0.15) is 0 Å². The van der Waals surface area contributed by atoms with Gasteiger partial charge < -0.3 is 14.4 Å². The number of benzene rings is 2. The van der Waals surface area contributed by atoms with Gasteiger partial charge in [-0.05, 0) is 67.3 Å². The van der Waals surface area contributed by atoms with Crippen molar-refractivity contribution in [2.45, 2.75) is 37.9 Å². The lowest BCUT2D eigenvalue weighted by atomic mass is 9.81. The number of ether oxygens (including phenoxy) is 2. The minimum absolute atomic E-state index is 0.497. The number of hydrogen-bond donors (Lipinski definition) is 0. The van der Waals surface area contributed by atoms with Crippen LogP contribution in [-0.4, -0.2) is 38.3 Å². The van der Waals surface area contributed by atoms with E-state index in [-0.39, 0.29) is 0 Å². The summed E-state index contributed by atoms with van der Waals surface area (Å²) in [6, 6.07) is 16.4. The molecule has 3 heterocycles. The van der Waals surface area contributed by atoms with Crippen molar-refractivity contribution in [3.05, 3.63) is 53.6 Å². The molecule has 3 atom stereocenters. The quantitative estimate of drug-likeness (QED) is 0.810. The van der Waals surface area contributed by atoms with Crippen LogP contribution in [0.15, 0.2) is 42.5 Å². The van der Waals surface area contributed by atoms with Crippen LogP contribution in [0.1, 0.15) is 36.4 Å². The highest BCUT2D eigenvalue weighted by Gasteiger charge is 2.48. The Morgan fingerprint density at radius 3 is 2.48 bits per heavy atom. The third kappa shape index (κ3) is 2.78. The number of fused-ring (bicyclic) bond motifs is 6. The molecular weight excluding hydrogens is 336 g/mol. The van der Waals surface area contributed by atoms with Crippen LogP contribution in [-0.2, 0) is 6.54 Å².